The third-order valence-electron chi connectivity index (χ3n) is 6.20. The average Bonchev–Trinajstić information content (AvgIpc) is 3.43. The monoisotopic (exact) mass is 527 g/mol. The van der Waals surface area contributed by atoms with E-state index < -0.39 is 73.6 Å². The van der Waals surface area contributed by atoms with Crippen molar-refractivity contribution in [1.82, 2.24) is 4.31 Å². The minimum Gasteiger partial charge on any atom is -0.440 e. The van der Waals surface area contributed by atoms with Crippen molar-refractivity contribution in [2.24, 2.45) is 0 Å². The lowest BCUT2D eigenvalue weighted by atomic mass is 9.96. The highest BCUT2D eigenvalue weighted by molar-refractivity contribution is 7.89. The first-order valence-electron chi connectivity index (χ1n) is 10.8. The van der Waals surface area contributed by atoms with Crippen molar-refractivity contribution in [2.45, 2.75) is 29.6 Å². The summed E-state index contributed by atoms with van der Waals surface area (Å²) in [5.41, 5.74) is -1.04. The molecule has 3 aromatic carbocycles. The minimum absolute atomic E-state index is 0.0625. The van der Waals surface area contributed by atoms with Crippen LogP contribution in [-0.2, 0) is 15.8 Å². The molecule has 2 aliphatic heterocycles. The Morgan fingerprint density at radius 1 is 0.861 bits per heavy atom. The summed E-state index contributed by atoms with van der Waals surface area (Å²) in [6.45, 7) is -0.394. The van der Waals surface area contributed by atoms with Crippen LogP contribution in [0, 0.1) is 29.1 Å². The van der Waals surface area contributed by atoms with Crippen molar-refractivity contribution in [3.8, 4) is 11.5 Å². The quantitative estimate of drug-likeness (QED) is 0.504. The van der Waals surface area contributed by atoms with E-state index in [1.165, 1.54) is 0 Å². The molecule has 1 saturated heterocycles. The molecule has 2 heterocycles. The standard InChI is InChI=1S/C24H18F5NO5S/c25-13-3-5-16(18(27)8-13)24(17-6-4-14(26)9-19(17)28)34-21-10-20(29)23(11-22(21)35-24)36(32,33)30-7-1-2-15(30)12-31/h3-6,8-11,15,31H,1-2,7,12H2/t15-/m0/s1. The van der Waals surface area contributed by atoms with Gasteiger partial charge in [-0.1, -0.05) is 0 Å². The van der Waals surface area contributed by atoms with Crippen molar-refractivity contribution in [1.29, 1.82) is 0 Å². The Labute approximate surface area is 202 Å². The Kier molecular flexibility index (Phi) is 5.92. The van der Waals surface area contributed by atoms with E-state index in [0.717, 1.165) is 34.6 Å². The molecule has 12 heteroatoms. The maximum absolute atomic E-state index is 15.1. The smallest absolute Gasteiger partial charge is 0.311 e. The summed E-state index contributed by atoms with van der Waals surface area (Å²) in [5, 5.41) is 9.51. The van der Waals surface area contributed by atoms with Crippen molar-refractivity contribution >= 4 is 10.0 Å². The largest absolute Gasteiger partial charge is 0.440 e. The van der Waals surface area contributed by atoms with E-state index in [2.05, 4.69) is 0 Å². The van der Waals surface area contributed by atoms with Gasteiger partial charge >= 0.3 is 5.79 Å². The number of aliphatic hydroxyl groups is 1. The van der Waals surface area contributed by atoms with Crippen LogP contribution in [0.25, 0.3) is 0 Å². The Morgan fingerprint density at radius 3 is 1.94 bits per heavy atom. The molecule has 1 N–H and O–H groups in total. The van der Waals surface area contributed by atoms with Crippen molar-refractivity contribution in [3.63, 3.8) is 0 Å². The van der Waals surface area contributed by atoms with Crippen LogP contribution in [0.5, 0.6) is 11.5 Å². The van der Waals surface area contributed by atoms with E-state index >= 15 is 4.39 Å². The van der Waals surface area contributed by atoms with E-state index in [4.69, 9.17) is 9.47 Å². The molecule has 0 bridgehead atoms. The fourth-order valence-electron chi connectivity index (χ4n) is 4.52. The molecule has 0 amide bonds. The molecule has 0 spiro atoms. The predicted molar refractivity (Wildman–Crippen MR) is 115 cm³/mol. The van der Waals surface area contributed by atoms with Crippen LogP contribution in [0.4, 0.5) is 22.0 Å². The van der Waals surface area contributed by atoms with E-state index in [9.17, 15) is 31.1 Å². The zero-order valence-electron chi connectivity index (χ0n) is 18.4. The second-order valence-corrected chi connectivity index (χ2v) is 10.3. The van der Waals surface area contributed by atoms with Crippen molar-refractivity contribution in [2.75, 3.05) is 13.2 Å². The fraction of sp³-hybridized carbons (Fsp3) is 0.250. The number of hydrogen-bond donors (Lipinski definition) is 1. The summed E-state index contributed by atoms with van der Waals surface area (Å²) in [7, 11) is -4.43. The molecule has 0 aromatic heterocycles. The van der Waals surface area contributed by atoms with Gasteiger partial charge in [-0.2, -0.15) is 4.31 Å². The lowest BCUT2D eigenvalue weighted by Crippen LogP contribution is -2.39. The number of sulfonamides is 1. The van der Waals surface area contributed by atoms with Gasteiger partial charge in [0.1, 0.15) is 34.0 Å². The van der Waals surface area contributed by atoms with Gasteiger partial charge in [-0.3, -0.25) is 0 Å². The van der Waals surface area contributed by atoms with Gasteiger partial charge in [0, 0.05) is 36.9 Å². The highest BCUT2D eigenvalue weighted by Crippen LogP contribution is 2.50. The summed E-state index contributed by atoms with van der Waals surface area (Å²) < 4.78 is 111. The first-order valence-corrected chi connectivity index (χ1v) is 12.3. The molecule has 0 radical (unpaired) electrons. The predicted octanol–water partition coefficient (Wildman–Crippen LogP) is 4.20. The summed E-state index contributed by atoms with van der Waals surface area (Å²) in [4.78, 5) is -0.792. The third-order valence-corrected chi connectivity index (χ3v) is 8.16. The van der Waals surface area contributed by atoms with Crippen molar-refractivity contribution in [3.05, 3.63) is 88.7 Å². The molecule has 36 heavy (non-hydrogen) atoms. The molecule has 6 nitrogen and oxygen atoms in total. The first kappa shape index (κ1) is 24.5. The van der Waals surface area contributed by atoms with E-state index in [1.807, 2.05) is 0 Å². The molecule has 0 unspecified atom stereocenters. The zero-order chi connectivity index (χ0) is 25.8. The zero-order valence-corrected chi connectivity index (χ0v) is 19.2. The number of benzene rings is 3. The highest BCUT2D eigenvalue weighted by Gasteiger charge is 2.50. The first-order chi connectivity index (χ1) is 17.1. The average molecular weight is 527 g/mol. The van der Waals surface area contributed by atoms with Gasteiger partial charge in [-0.15, -0.1) is 0 Å². The van der Waals surface area contributed by atoms with Crippen LogP contribution < -0.4 is 9.47 Å². The number of nitrogens with zero attached hydrogens (tertiary/aromatic N) is 1. The molecule has 190 valence electrons. The van der Waals surface area contributed by atoms with Gasteiger partial charge in [0.15, 0.2) is 11.5 Å². The normalized spacial score (nSPS) is 19.1. The highest BCUT2D eigenvalue weighted by atomic mass is 32.2. The number of hydrogen-bond acceptors (Lipinski definition) is 5. The van der Waals surface area contributed by atoms with Crippen LogP contribution in [0.3, 0.4) is 0 Å². The molecule has 0 saturated carbocycles. The van der Waals surface area contributed by atoms with Gasteiger partial charge in [-0.25, -0.2) is 30.4 Å². The number of ether oxygens (including phenoxy) is 2. The second-order valence-electron chi connectivity index (χ2n) is 8.39. The summed E-state index contributed by atoms with van der Waals surface area (Å²) in [6.07, 6.45) is 0.853. The molecule has 1 atom stereocenters. The van der Waals surface area contributed by atoms with E-state index in [-0.39, 0.29) is 18.0 Å². The Bertz CT molecular complexity index is 1410. The topological polar surface area (TPSA) is 76.1 Å². The Morgan fingerprint density at radius 2 is 1.42 bits per heavy atom. The Balaban J connectivity index is 1.66. The van der Waals surface area contributed by atoms with E-state index in [1.54, 1.807) is 0 Å². The maximum atomic E-state index is 15.1. The number of fused-ring (bicyclic) bond motifs is 1. The summed E-state index contributed by atoms with van der Waals surface area (Å²) >= 11 is 0. The van der Waals surface area contributed by atoms with Gasteiger partial charge in [-0.05, 0) is 37.1 Å². The minimum atomic E-state index is -4.43. The molecule has 0 aliphatic carbocycles. The van der Waals surface area contributed by atoms with E-state index in [0.29, 0.717) is 31.0 Å². The van der Waals surface area contributed by atoms with Gasteiger partial charge in [0.05, 0.1) is 17.7 Å². The maximum Gasteiger partial charge on any atom is 0.311 e. The number of rotatable bonds is 5. The van der Waals surface area contributed by atoms with Crippen LogP contribution in [0.1, 0.15) is 24.0 Å². The Hall–Kier alpha value is -3.22. The molecule has 3 aromatic rings. The lowest BCUT2D eigenvalue weighted by molar-refractivity contribution is -0.0516. The summed E-state index contributed by atoms with van der Waals surface area (Å²) in [6, 6.07) is 5.31. The fourth-order valence-corrected chi connectivity index (χ4v) is 6.26. The SMILES string of the molecule is O=S(=O)(c1cc2c(cc1F)OC(c1ccc(F)cc1F)(c1ccc(F)cc1F)O2)N1CCC[C@H]1CO. The van der Waals surface area contributed by atoms with Crippen LogP contribution in [0.15, 0.2) is 53.4 Å². The number of halogens is 5. The van der Waals surface area contributed by atoms with Gasteiger partial charge < -0.3 is 14.6 Å². The van der Waals surface area contributed by atoms with Gasteiger partial charge in [0.2, 0.25) is 10.0 Å². The van der Waals surface area contributed by atoms with Crippen molar-refractivity contribution < 1.29 is 45.0 Å². The summed E-state index contributed by atoms with van der Waals surface area (Å²) in [5.74, 6) is -8.80. The molecule has 2 aliphatic rings. The van der Waals surface area contributed by atoms with Crippen LogP contribution in [-0.4, -0.2) is 37.0 Å². The molecule has 1 fully saturated rings. The molecular weight excluding hydrogens is 509 g/mol. The van der Waals surface area contributed by atoms with Crippen LogP contribution >= 0.6 is 0 Å². The van der Waals surface area contributed by atoms with Crippen LogP contribution in [0.2, 0.25) is 0 Å². The molecular formula is C24H18F5NO5S. The number of aliphatic hydroxyl groups excluding tert-OH is 1. The van der Waals surface area contributed by atoms with Gasteiger partial charge in [0.25, 0.3) is 0 Å². The third kappa shape index (κ3) is 3.80. The second kappa shape index (κ2) is 8.71. The lowest BCUT2D eigenvalue weighted by Gasteiger charge is -2.29. The molecule has 5 rings (SSSR count).